The standard InChI is InChI=1S/C25H23NO4S/c1-4-29-20-8-5-7-19(14-20)26-24(27)22(18-11-10-16(2)17(3)13-18)23(25(26)28)31-15-21-9-6-12-30-21/h5-14H,4,15H2,1-3H3. The maximum atomic E-state index is 13.5. The molecule has 0 radical (unpaired) electrons. The third kappa shape index (κ3) is 4.16. The van der Waals surface area contributed by atoms with Gasteiger partial charge in [-0.2, -0.15) is 0 Å². The first-order valence-corrected chi connectivity index (χ1v) is 11.1. The molecule has 0 spiro atoms. The molecule has 31 heavy (non-hydrogen) atoms. The molecule has 2 aromatic carbocycles. The van der Waals surface area contributed by atoms with Gasteiger partial charge in [-0.15, -0.1) is 11.8 Å². The summed E-state index contributed by atoms with van der Waals surface area (Å²) in [5.74, 6) is 1.16. The molecular formula is C25H23NO4S. The van der Waals surface area contributed by atoms with E-state index in [1.54, 1.807) is 24.5 Å². The maximum Gasteiger partial charge on any atom is 0.272 e. The largest absolute Gasteiger partial charge is 0.494 e. The third-order valence-corrected chi connectivity index (χ3v) is 6.26. The lowest BCUT2D eigenvalue weighted by molar-refractivity contribution is -0.119. The normalized spacial score (nSPS) is 14.0. The van der Waals surface area contributed by atoms with E-state index in [9.17, 15) is 9.59 Å². The van der Waals surface area contributed by atoms with Crippen molar-refractivity contribution in [2.45, 2.75) is 26.5 Å². The molecule has 2 amide bonds. The summed E-state index contributed by atoms with van der Waals surface area (Å²) < 4.78 is 11.0. The molecule has 158 valence electrons. The first-order valence-electron chi connectivity index (χ1n) is 10.1. The molecule has 0 saturated carbocycles. The van der Waals surface area contributed by atoms with Crippen LogP contribution in [0.5, 0.6) is 5.75 Å². The van der Waals surface area contributed by atoms with Gasteiger partial charge in [0.25, 0.3) is 11.8 Å². The number of rotatable bonds is 7. The second-order valence-corrected chi connectivity index (χ2v) is 8.23. The summed E-state index contributed by atoms with van der Waals surface area (Å²) >= 11 is 1.32. The van der Waals surface area contributed by atoms with E-state index in [0.29, 0.717) is 34.3 Å². The highest BCUT2D eigenvalue weighted by atomic mass is 32.2. The number of nitrogens with zero attached hydrogens (tertiary/aromatic N) is 1. The SMILES string of the molecule is CCOc1cccc(N2C(=O)C(SCc3ccco3)=C(c3ccc(C)c(C)c3)C2=O)c1. The zero-order valence-electron chi connectivity index (χ0n) is 17.7. The average Bonchev–Trinajstić information content (AvgIpc) is 3.35. The predicted molar refractivity (Wildman–Crippen MR) is 123 cm³/mol. The van der Waals surface area contributed by atoms with Gasteiger partial charge < -0.3 is 9.15 Å². The minimum Gasteiger partial charge on any atom is -0.494 e. The summed E-state index contributed by atoms with van der Waals surface area (Å²) in [6.45, 7) is 6.41. The van der Waals surface area contributed by atoms with Crippen LogP contribution in [-0.2, 0) is 15.3 Å². The van der Waals surface area contributed by atoms with Crippen molar-refractivity contribution in [3.63, 3.8) is 0 Å². The Labute approximate surface area is 185 Å². The fraction of sp³-hybridized carbons (Fsp3) is 0.200. The van der Waals surface area contributed by atoms with Crippen molar-refractivity contribution in [1.29, 1.82) is 0 Å². The number of furan rings is 1. The number of carbonyl (C=O) groups is 2. The van der Waals surface area contributed by atoms with Gasteiger partial charge in [0, 0.05) is 6.07 Å². The number of benzene rings is 2. The number of anilines is 1. The summed E-state index contributed by atoms with van der Waals surface area (Å²) in [5, 5.41) is 0. The van der Waals surface area contributed by atoms with E-state index in [-0.39, 0.29) is 11.8 Å². The van der Waals surface area contributed by atoms with E-state index < -0.39 is 0 Å². The lowest BCUT2D eigenvalue weighted by Gasteiger charge is -2.16. The first kappa shape index (κ1) is 21.0. The van der Waals surface area contributed by atoms with Gasteiger partial charge in [0.15, 0.2) is 0 Å². The number of hydrogen-bond acceptors (Lipinski definition) is 5. The van der Waals surface area contributed by atoms with Crippen molar-refractivity contribution >= 4 is 34.8 Å². The minimum absolute atomic E-state index is 0.330. The molecule has 0 aliphatic carbocycles. The summed E-state index contributed by atoms with van der Waals surface area (Å²) in [7, 11) is 0. The molecule has 0 saturated heterocycles. The van der Waals surface area contributed by atoms with Crippen LogP contribution in [-0.4, -0.2) is 18.4 Å². The second-order valence-electron chi connectivity index (χ2n) is 7.25. The Bertz CT molecular complexity index is 1160. The molecule has 0 fully saturated rings. The number of aryl methyl sites for hydroxylation is 2. The molecule has 0 atom stereocenters. The molecule has 0 N–H and O–H groups in total. The van der Waals surface area contributed by atoms with Crippen LogP contribution in [0.3, 0.4) is 0 Å². The van der Waals surface area contributed by atoms with Crippen molar-refractivity contribution in [3.8, 4) is 5.75 Å². The first-order chi connectivity index (χ1) is 15.0. The van der Waals surface area contributed by atoms with Crippen molar-refractivity contribution in [2.24, 2.45) is 0 Å². The summed E-state index contributed by atoms with van der Waals surface area (Å²) in [5.41, 5.74) is 3.86. The molecule has 1 aliphatic heterocycles. The molecule has 0 unspecified atom stereocenters. The lowest BCUT2D eigenvalue weighted by Crippen LogP contribution is -2.31. The van der Waals surface area contributed by atoms with Gasteiger partial charge in [-0.3, -0.25) is 9.59 Å². The Morgan fingerprint density at radius 3 is 2.52 bits per heavy atom. The quantitative estimate of drug-likeness (QED) is 0.460. The number of amides is 2. The number of thioether (sulfide) groups is 1. The van der Waals surface area contributed by atoms with Crippen LogP contribution in [0.25, 0.3) is 5.57 Å². The minimum atomic E-state index is -0.330. The van der Waals surface area contributed by atoms with Crippen LogP contribution in [0.2, 0.25) is 0 Å². The Morgan fingerprint density at radius 2 is 1.81 bits per heavy atom. The Kier molecular flexibility index (Phi) is 6.00. The topological polar surface area (TPSA) is 59.8 Å². The van der Waals surface area contributed by atoms with Gasteiger partial charge in [0.05, 0.1) is 34.8 Å². The van der Waals surface area contributed by atoms with E-state index in [0.717, 1.165) is 22.5 Å². The third-order valence-electron chi connectivity index (χ3n) is 5.16. The molecule has 3 aromatic rings. The van der Waals surface area contributed by atoms with E-state index in [4.69, 9.17) is 9.15 Å². The highest BCUT2D eigenvalue weighted by molar-refractivity contribution is 8.03. The fourth-order valence-electron chi connectivity index (χ4n) is 3.45. The zero-order valence-corrected chi connectivity index (χ0v) is 18.5. The van der Waals surface area contributed by atoms with Gasteiger partial charge >= 0.3 is 0 Å². The Morgan fingerprint density at radius 1 is 0.968 bits per heavy atom. The molecule has 0 bridgehead atoms. The van der Waals surface area contributed by atoms with Gasteiger partial charge in [-0.1, -0.05) is 24.3 Å². The number of carbonyl (C=O) groups excluding carboxylic acids is 2. The molecule has 1 aliphatic rings. The highest BCUT2D eigenvalue weighted by Crippen LogP contribution is 2.40. The number of imide groups is 1. The van der Waals surface area contributed by atoms with Crippen LogP contribution < -0.4 is 9.64 Å². The average molecular weight is 434 g/mol. The van der Waals surface area contributed by atoms with Crippen molar-refractivity contribution in [3.05, 3.63) is 88.2 Å². The van der Waals surface area contributed by atoms with Gasteiger partial charge in [-0.25, -0.2) is 4.90 Å². The molecule has 5 nitrogen and oxygen atoms in total. The number of hydrogen-bond donors (Lipinski definition) is 0. The van der Waals surface area contributed by atoms with Crippen molar-refractivity contribution in [2.75, 3.05) is 11.5 Å². The maximum absolute atomic E-state index is 13.5. The Balaban J connectivity index is 1.75. The molecule has 6 heteroatoms. The van der Waals surface area contributed by atoms with Crippen LogP contribution in [0.15, 0.2) is 70.2 Å². The fourth-order valence-corrected chi connectivity index (χ4v) is 4.46. The summed E-state index contributed by atoms with van der Waals surface area (Å²) in [4.78, 5) is 28.6. The molecule has 1 aromatic heterocycles. The van der Waals surface area contributed by atoms with Gasteiger partial charge in [-0.05, 0) is 61.7 Å². The van der Waals surface area contributed by atoms with Crippen LogP contribution in [0.1, 0.15) is 29.4 Å². The molecule has 4 rings (SSSR count). The van der Waals surface area contributed by atoms with E-state index in [1.165, 1.54) is 16.7 Å². The second kappa shape index (κ2) is 8.86. The van der Waals surface area contributed by atoms with E-state index in [1.807, 2.05) is 57.2 Å². The van der Waals surface area contributed by atoms with Gasteiger partial charge in [0.1, 0.15) is 11.5 Å². The Hall–Kier alpha value is -3.25. The zero-order chi connectivity index (χ0) is 22.0. The highest BCUT2D eigenvalue weighted by Gasteiger charge is 2.40. The summed E-state index contributed by atoms with van der Waals surface area (Å²) in [6.07, 6.45) is 1.60. The summed E-state index contributed by atoms with van der Waals surface area (Å²) in [6, 6.07) is 16.6. The molecular weight excluding hydrogens is 410 g/mol. The monoisotopic (exact) mass is 433 g/mol. The van der Waals surface area contributed by atoms with Crippen LogP contribution in [0, 0.1) is 13.8 Å². The van der Waals surface area contributed by atoms with Crippen molar-refractivity contribution < 1.29 is 18.7 Å². The van der Waals surface area contributed by atoms with Crippen molar-refractivity contribution in [1.82, 2.24) is 0 Å². The predicted octanol–water partition coefficient (Wildman–Crippen LogP) is 5.51. The van der Waals surface area contributed by atoms with E-state index in [2.05, 4.69) is 0 Å². The molecule has 2 heterocycles. The lowest BCUT2D eigenvalue weighted by atomic mass is 10.0. The smallest absolute Gasteiger partial charge is 0.272 e. The van der Waals surface area contributed by atoms with Gasteiger partial charge in [0.2, 0.25) is 0 Å². The van der Waals surface area contributed by atoms with Crippen LogP contribution in [0.4, 0.5) is 5.69 Å². The van der Waals surface area contributed by atoms with Crippen LogP contribution >= 0.6 is 11.8 Å². The van der Waals surface area contributed by atoms with E-state index >= 15 is 0 Å². The number of ether oxygens (including phenoxy) is 1.